The summed E-state index contributed by atoms with van der Waals surface area (Å²) in [5.74, 6) is -0.200. The van der Waals surface area contributed by atoms with Crippen LogP contribution in [0.3, 0.4) is 0 Å². The number of carbonyl (C=O) groups excluding carboxylic acids is 1. The molecule has 33 heavy (non-hydrogen) atoms. The normalized spacial score (nSPS) is 14.5. The highest BCUT2D eigenvalue weighted by molar-refractivity contribution is 7.80. The van der Waals surface area contributed by atoms with Crippen molar-refractivity contribution >= 4 is 29.3 Å². The van der Waals surface area contributed by atoms with Gasteiger partial charge < -0.3 is 4.90 Å². The number of hydrogen-bond acceptors (Lipinski definition) is 3. The largest absolute Gasteiger partial charge is 0.346 e. The standard InChI is InChI=1S/C28H29N3OS/c1-22-12-14-23(15-13-22)16-17-26(32)29-28(33)31-20-18-30(19-21-31)27(24-8-4-2-5-9-24)25-10-6-3-7-11-25/h2-17,27H,18-21H2,1H3,(H,29,32,33)/b17-16+. The van der Waals surface area contributed by atoms with Gasteiger partial charge in [0, 0.05) is 32.3 Å². The summed E-state index contributed by atoms with van der Waals surface area (Å²) in [7, 11) is 0. The summed E-state index contributed by atoms with van der Waals surface area (Å²) < 4.78 is 0. The maximum atomic E-state index is 12.4. The molecule has 1 amide bonds. The number of rotatable bonds is 5. The summed E-state index contributed by atoms with van der Waals surface area (Å²) in [5, 5.41) is 3.34. The van der Waals surface area contributed by atoms with Crippen LogP contribution in [0.2, 0.25) is 0 Å². The zero-order chi connectivity index (χ0) is 23.0. The number of benzene rings is 3. The van der Waals surface area contributed by atoms with E-state index in [0.717, 1.165) is 31.7 Å². The Morgan fingerprint density at radius 3 is 1.94 bits per heavy atom. The molecule has 4 nitrogen and oxygen atoms in total. The van der Waals surface area contributed by atoms with E-state index in [0.29, 0.717) is 5.11 Å². The van der Waals surface area contributed by atoms with Crippen LogP contribution in [0.4, 0.5) is 0 Å². The number of thiocarbonyl (C=S) groups is 1. The minimum Gasteiger partial charge on any atom is -0.346 e. The molecule has 0 bridgehead atoms. The van der Waals surface area contributed by atoms with Crippen molar-refractivity contribution in [3.63, 3.8) is 0 Å². The second kappa shape index (κ2) is 11.0. The molecule has 1 aliphatic rings. The number of hydrogen-bond donors (Lipinski definition) is 1. The Hall–Kier alpha value is -3.28. The Balaban J connectivity index is 1.35. The molecule has 0 aliphatic carbocycles. The van der Waals surface area contributed by atoms with E-state index < -0.39 is 0 Å². The average molecular weight is 456 g/mol. The first-order valence-electron chi connectivity index (χ1n) is 11.3. The summed E-state index contributed by atoms with van der Waals surface area (Å²) >= 11 is 5.53. The smallest absolute Gasteiger partial charge is 0.250 e. The number of nitrogens with zero attached hydrogens (tertiary/aromatic N) is 2. The van der Waals surface area contributed by atoms with Crippen molar-refractivity contribution in [2.24, 2.45) is 0 Å². The number of carbonyl (C=O) groups is 1. The molecular formula is C28H29N3OS. The highest BCUT2D eigenvalue weighted by atomic mass is 32.1. The van der Waals surface area contributed by atoms with Gasteiger partial charge in [0.1, 0.15) is 0 Å². The molecule has 3 aromatic rings. The summed E-state index contributed by atoms with van der Waals surface area (Å²) in [6.07, 6.45) is 3.34. The van der Waals surface area contributed by atoms with Crippen LogP contribution >= 0.6 is 12.2 Å². The lowest BCUT2D eigenvalue weighted by atomic mass is 9.96. The Bertz CT molecular complexity index is 1050. The molecule has 0 aromatic heterocycles. The first kappa shape index (κ1) is 22.9. The van der Waals surface area contributed by atoms with E-state index in [4.69, 9.17) is 12.2 Å². The predicted molar refractivity (Wildman–Crippen MR) is 139 cm³/mol. The third-order valence-corrected chi connectivity index (χ3v) is 6.29. The third-order valence-electron chi connectivity index (χ3n) is 5.93. The minimum absolute atomic E-state index is 0.200. The second-order valence-electron chi connectivity index (χ2n) is 8.29. The van der Waals surface area contributed by atoms with Gasteiger partial charge in [0.25, 0.3) is 0 Å². The highest BCUT2D eigenvalue weighted by Gasteiger charge is 2.27. The zero-order valence-electron chi connectivity index (χ0n) is 18.9. The van der Waals surface area contributed by atoms with Crippen LogP contribution < -0.4 is 5.32 Å². The van der Waals surface area contributed by atoms with Gasteiger partial charge in [-0.2, -0.15) is 0 Å². The van der Waals surface area contributed by atoms with Crippen LogP contribution in [-0.4, -0.2) is 47.0 Å². The van der Waals surface area contributed by atoms with E-state index in [2.05, 4.69) is 75.8 Å². The topological polar surface area (TPSA) is 35.6 Å². The molecule has 1 heterocycles. The maximum absolute atomic E-state index is 12.4. The van der Waals surface area contributed by atoms with Crippen LogP contribution in [0, 0.1) is 6.92 Å². The Morgan fingerprint density at radius 1 is 0.848 bits per heavy atom. The first-order chi connectivity index (χ1) is 16.1. The Kier molecular flexibility index (Phi) is 7.66. The van der Waals surface area contributed by atoms with Crippen molar-refractivity contribution in [1.29, 1.82) is 0 Å². The summed E-state index contributed by atoms with van der Waals surface area (Å²) in [6.45, 7) is 5.32. The molecular weight excluding hydrogens is 426 g/mol. The summed E-state index contributed by atoms with van der Waals surface area (Å²) in [6, 6.07) is 29.5. The molecule has 0 saturated carbocycles. The Morgan fingerprint density at radius 2 is 1.39 bits per heavy atom. The van der Waals surface area contributed by atoms with Gasteiger partial charge in [-0.3, -0.25) is 15.0 Å². The molecule has 1 aliphatic heterocycles. The quantitative estimate of drug-likeness (QED) is 0.442. The summed E-state index contributed by atoms with van der Waals surface area (Å²) in [5.41, 5.74) is 4.75. The third kappa shape index (κ3) is 6.15. The molecule has 4 rings (SSSR count). The number of nitrogens with one attached hydrogen (secondary N) is 1. The van der Waals surface area contributed by atoms with Crippen LogP contribution in [0.25, 0.3) is 6.08 Å². The average Bonchev–Trinajstić information content (AvgIpc) is 2.85. The molecule has 3 aromatic carbocycles. The number of aryl methyl sites for hydroxylation is 1. The van der Waals surface area contributed by atoms with Crippen LogP contribution in [0.1, 0.15) is 28.3 Å². The SMILES string of the molecule is Cc1ccc(/C=C/C(=O)NC(=S)N2CCN(C(c3ccccc3)c3ccccc3)CC2)cc1. The lowest BCUT2D eigenvalue weighted by Gasteiger charge is -2.40. The lowest BCUT2D eigenvalue weighted by Crippen LogP contribution is -2.53. The van der Waals surface area contributed by atoms with E-state index in [9.17, 15) is 4.79 Å². The van der Waals surface area contributed by atoms with Crippen molar-refractivity contribution in [1.82, 2.24) is 15.1 Å². The maximum Gasteiger partial charge on any atom is 0.250 e. The number of amides is 1. The van der Waals surface area contributed by atoms with E-state index in [-0.39, 0.29) is 11.9 Å². The minimum atomic E-state index is -0.200. The fourth-order valence-corrected chi connectivity index (χ4v) is 4.43. The number of piperazine rings is 1. The van der Waals surface area contributed by atoms with Crippen molar-refractivity contribution in [2.45, 2.75) is 13.0 Å². The van der Waals surface area contributed by atoms with Crippen LogP contribution in [0.5, 0.6) is 0 Å². The Labute approximate surface area is 201 Å². The first-order valence-corrected chi connectivity index (χ1v) is 11.7. The highest BCUT2D eigenvalue weighted by Crippen LogP contribution is 2.29. The van der Waals surface area contributed by atoms with E-state index in [1.165, 1.54) is 22.8 Å². The van der Waals surface area contributed by atoms with Crippen LogP contribution in [-0.2, 0) is 4.79 Å². The van der Waals surface area contributed by atoms with Crippen molar-refractivity contribution in [2.75, 3.05) is 26.2 Å². The molecule has 1 fully saturated rings. The molecule has 1 saturated heterocycles. The van der Waals surface area contributed by atoms with Gasteiger partial charge in [0.05, 0.1) is 6.04 Å². The van der Waals surface area contributed by atoms with E-state index in [1.54, 1.807) is 6.08 Å². The second-order valence-corrected chi connectivity index (χ2v) is 8.67. The molecule has 1 N–H and O–H groups in total. The van der Waals surface area contributed by atoms with Crippen molar-refractivity contribution in [3.05, 3.63) is 113 Å². The van der Waals surface area contributed by atoms with Gasteiger partial charge in [-0.25, -0.2) is 0 Å². The molecule has 168 valence electrons. The van der Waals surface area contributed by atoms with E-state index >= 15 is 0 Å². The fourth-order valence-electron chi connectivity index (χ4n) is 4.14. The van der Waals surface area contributed by atoms with Crippen molar-refractivity contribution in [3.8, 4) is 0 Å². The fraction of sp³-hybridized carbons (Fsp3) is 0.214. The molecule has 0 unspecified atom stereocenters. The lowest BCUT2D eigenvalue weighted by molar-refractivity contribution is -0.115. The zero-order valence-corrected chi connectivity index (χ0v) is 19.7. The van der Waals surface area contributed by atoms with Gasteiger partial charge in [0.2, 0.25) is 5.91 Å². The van der Waals surface area contributed by atoms with Gasteiger partial charge in [-0.15, -0.1) is 0 Å². The van der Waals surface area contributed by atoms with Gasteiger partial charge in [0.15, 0.2) is 5.11 Å². The van der Waals surface area contributed by atoms with Crippen LogP contribution in [0.15, 0.2) is 91.0 Å². The van der Waals surface area contributed by atoms with Gasteiger partial charge >= 0.3 is 0 Å². The van der Waals surface area contributed by atoms with E-state index in [1.807, 2.05) is 31.2 Å². The summed E-state index contributed by atoms with van der Waals surface area (Å²) in [4.78, 5) is 16.9. The van der Waals surface area contributed by atoms with Gasteiger partial charge in [-0.05, 0) is 41.9 Å². The molecule has 0 spiro atoms. The van der Waals surface area contributed by atoms with Crippen molar-refractivity contribution < 1.29 is 4.79 Å². The monoisotopic (exact) mass is 455 g/mol. The molecule has 0 radical (unpaired) electrons. The molecule has 5 heteroatoms. The van der Waals surface area contributed by atoms with Gasteiger partial charge in [-0.1, -0.05) is 90.5 Å². The predicted octanol–water partition coefficient (Wildman–Crippen LogP) is 4.82. The molecule has 0 atom stereocenters.